The highest BCUT2D eigenvalue weighted by Crippen LogP contribution is 2.21. The first-order valence-electron chi connectivity index (χ1n) is 9.02. The fourth-order valence-corrected chi connectivity index (χ4v) is 3.14. The summed E-state index contributed by atoms with van der Waals surface area (Å²) in [6.07, 6.45) is 1.77. The van der Waals surface area contributed by atoms with Gasteiger partial charge in [0.05, 0.1) is 5.69 Å². The minimum atomic E-state index is -0.0508. The van der Waals surface area contributed by atoms with Gasteiger partial charge in [-0.25, -0.2) is 9.98 Å². The van der Waals surface area contributed by atoms with E-state index in [2.05, 4.69) is 46.1 Å². The number of hydrogen-bond acceptors (Lipinski definition) is 3. The van der Waals surface area contributed by atoms with Crippen molar-refractivity contribution in [1.82, 2.24) is 9.97 Å². The number of amidine groups is 1. The lowest BCUT2D eigenvalue weighted by molar-refractivity contribution is 1.22. The van der Waals surface area contributed by atoms with Gasteiger partial charge in [-0.3, -0.25) is 4.79 Å². The number of fused-ring (bicyclic) bond motifs is 1. The molecule has 2 aromatic heterocycles. The summed E-state index contributed by atoms with van der Waals surface area (Å²) in [5, 5.41) is 0.636. The van der Waals surface area contributed by atoms with Gasteiger partial charge in [0.15, 0.2) is 11.2 Å². The van der Waals surface area contributed by atoms with Crippen molar-refractivity contribution >= 4 is 22.6 Å². The molecule has 3 N–H and O–H groups in total. The molecule has 0 spiro atoms. The van der Waals surface area contributed by atoms with E-state index in [9.17, 15) is 4.79 Å². The maximum Gasteiger partial charge on any atom is 0.193 e. The average molecular weight is 368 g/mol. The maximum atomic E-state index is 12.6. The molecule has 0 radical (unpaired) electrons. The van der Waals surface area contributed by atoms with Crippen LogP contribution in [0.4, 0.5) is 5.82 Å². The van der Waals surface area contributed by atoms with E-state index in [1.165, 1.54) is 5.56 Å². The molecule has 5 heteroatoms. The van der Waals surface area contributed by atoms with Crippen molar-refractivity contribution in [3.8, 4) is 11.1 Å². The summed E-state index contributed by atoms with van der Waals surface area (Å²) < 4.78 is 0. The summed E-state index contributed by atoms with van der Waals surface area (Å²) in [6.45, 7) is 3.80. The number of pyridine rings is 2. The van der Waals surface area contributed by atoms with Gasteiger partial charge in [0, 0.05) is 28.2 Å². The molecule has 4 aromatic rings. The lowest BCUT2D eigenvalue weighted by Crippen LogP contribution is -2.21. The standard InChI is InChI=1S/C23H20N4O/c1-14-7-9-16(10-8-14)17-11-12-20(25-13-17)27-23(24)21-15(2)22(28)18-5-3-4-6-19(18)26-21/h3-13H,1-2H3,(H,26,28)(H2,24,25,27). The number of nitrogens with zero attached hydrogens (tertiary/aromatic N) is 2. The van der Waals surface area contributed by atoms with Crippen LogP contribution in [0.15, 0.2) is 76.6 Å². The molecule has 0 bridgehead atoms. The summed E-state index contributed by atoms with van der Waals surface area (Å²) in [7, 11) is 0. The minimum Gasteiger partial charge on any atom is -0.382 e. The number of rotatable bonds is 3. The van der Waals surface area contributed by atoms with E-state index in [1.54, 1.807) is 19.2 Å². The van der Waals surface area contributed by atoms with Gasteiger partial charge in [-0.15, -0.1) is 0 Å². The van der Waals surface area contributed by atoms with Gasteiger partial charge in [-0.1, -0.05) is 42.0 Å². The van der Waals surface area contributed by atoms with Crippen molar-refractivity contribution in [3.63, 3.8) is 0 Å². The number of aromatic nitrogens is 2. The summed E-state index contributed by atoms with van der Waals surface area (Å²) in [5.74, 6) is 0.720. The van der Waals surface area contributed by atoms with Crippen LogP contribution in [0, 0.1) is 13.8 Å². The molecule has 0 aliphatic rings. The first kappa shape index (κ1) is 17.7. The van der Waals surface area contributed by atoms with E-state index < -0.39 is 0 Å². The summed E-state index contributed by atoms with van der Waals surface area (Å²) in [5.41, 5.74) is 11.2. The SMILES string of the molecule is Cc1ccc(-c2ccc(N=C(N)c3[nH]c4ccccc4c(=O)c3C)nc2)cc1. The monoisotopic (exact) mass is 368 g/mol. The molecular weight excluding hydrogens is 348 g/mol. The number of H-pyrrole nitrogens is 1. The third kappa shape index (κ3) is 3.30. The van der Waals surface area contributed by atoms with Crippen molar-refractivity contribution in [2.24, 2.45) is 10.7 Å². The number of hydrogen-bond donors (Lipinski definition) is 2. The van der Waals surface area contributed by atoms with Gasteiger partial charge in [0.2, 0.25) is 0 Å². The number of benzene rings is 2. The Bertz CT molecular complexity index is 1240. The van der Waals surface area contributed by atoms with Crippen molar-refractivity contribution < 1.29 is 0 Å². The van der Waals surface area contributed by atoms with Crippen LogP contribution in [0.1, 0.15) is 16.8 Å². The average Bonchev–Trinajstić information content (AvgIpc) is 2.72. The van der Waals surface area contributed by atoms with Gasteiger partial charge in [0.25, 0.3) is 0 Å². The van der Waals surface area contributed by atoms with Crippen LogP contribution in [0.5, 0.6) is 0 Å². The first-order chi connectivity index (χ1) is 13.5. The molecule has 0 unspecified atom stereocenters. The van der Waals surface area contributed by atoms with Crippen LogP contribution in [-0.2, 0) is 0 Å². The first-order valence-corrected chi connectivity index (χ1v) is 9.02. The van der Waals surface area contributed by atoms with Gasteiger partial charge in [-0.05, 0) is 43.7 Å². The number of para-hydroxylation sites is 1. The molecule has 0 aliphatic heterocycles. The second-order valence-corrected chi connectivity index (χ2v) is 6.77. The number of nitrogens with one attached hydrogen (secondary N) is 1. The lowest BCUT2D eigenvalue weighted by Gasteiger charge is -2.08. The second-order valence-electron chi connectivity index (χ2n) is 6.77. The third-order valence-corrected chi connectivity index (χ3v) is 4.77. The summed E-state index contributed by atoms with van der Waals surface area (Å²) in [4.78, 5) is 24.6. The van der Waals surface area contributed by atoms with Crippen LogP contribution in [-0.4, -0.2) is 15.8 Å². The van der Waals surface area contributed by atoms with Crippen LogP contribution in [0.2, 0.25) is 0 Å². The Morgan fingerprint density at radius 1 is 0.964 bits per heavy atom. The second kappa shape index (κ2) is 7.12. The molecule has 2 heterocycles. The molecule has 5 nitrogen and oxygen atoms in total. The van der Waals surface area contributed by atoms with Crippen LogP contribution in [0.3, 0.4) is 0 Å². The molecular formula is C23H20N4O. The summed E-state index contributed by atoms with van der Waals surface area (Å²) in [6, 6.07) is 19.4. The Morgan fingerprint density at radius 3 is 2.39 bits per heavy atom. The Labute approximate surface area is 162 Å². The molecule has 28 heavy (non-hydrogen) atoms. The highest BCUT2D eigenvalue weighted by atomic mass is 16.1. The Hall–Kier alpha value is -3.73. The van der Waals surface area contributed by atoms with E-state index in [4.69, 9.17) is 5.73 Å². The highest BCUT2D eigenvalue weighted by molar-refractivity contribution is 6.00. The van der Waals surface area contributed by atoms with Crippen LogP contribution in [0.25, 0.3) is 22.0 Å². The predicted molar refractivity (Wildman–Crippen MR) is 114 cm³/mol. The van der Waals surface area contributed by atoms with Gasteiger partial charge < -0.3 is 10.7 Å². The van der Waals surface area contributed by atoms with E-state index in [0.717, 1.165) is 16.6 Å². The van der Waals surface area contributed by atoms with E-state index in [0.29, 0.717) is 22.5 Å². The Kier molecular flexibility index (Phi) is 4.49. The molecule has 2 aromatic carbocycles. The normalized spacial score (nSPS) is 11.7. The topological polar surface area (TPSA) is 84.1 Å². The van der Waals surface area contributed by atoms with E-state index in [-0.39, 0.29) is 11.3 Å². The molecule has 0 aliphatic carbocycles. The van der Waals surface area contributed by atoms with Crippen molar-refractivity contribution in [3.05, 3.63) is 93.9 Å². The lowest BCUT2D eigenvalue weighted by atomic mass is 10.1. The Morgan fingerprint density at radius 2 is 1.68 bits per heavy atom. The molecule has 4 rings (SSSR count). The fraction of sp³-hybridized carbons (Fsp3) is 0.0870. The molecule has 0 saturated heterocycles. The number of nitrogens with two attached hydrogens (primary N) is 1. The van der Waals surface area contributed by atoms with Gasteiger partial charge in [0.1, 0.15) is 5.84 Å². The minimum absolute atomic E-state index is 0.0508. The molecule has 0 fully saturated rings. The number of aliphatic imine (C=N–C) groups is 1. The smallest absolute Gasteiger partial charge is 0.193 e. The zero-order chi connectivity index (χ0) is 19.7. The molecule has 138 valence electrons. The van der Waals surface area contributed by atoms with Crippen LogP contribution >= 0.6 is 0 Å². The summed E-state index contributed by atoms with van der Waals surface area (Å²) >= 11 is 0. The molecule has 0 atom stereocenters. The predicted octanol–water partition coefficient (Wildman–Crippen LogP) is 4.24. The van der Waals surface area contributed by atoms with Gasteiger partial charge in [-0.2, -0.15) is 0 Å². The third-order valence-electron chi connectivity index (χ3n) is 4.77. The molecule has 0 saturated carbocycles. The van der Waals surface area contributed by atoms with Gasteiger partial charge >= 0.3 is 0 Å². The van der Waals surface area contributed by atoms with Crippen LogP contribution < -0.4 is 11.2 Å². The van der Waals surface area contributed by atoms with Crippen molar-refractivity contribution in [2.45, 2.75) is 13.8 Å². The van der Waals surface area contributed by atoms with Crippen molar-refractivity contribution in [2.75, 3.05) is 0 Å². The van der Waals surface area contributed by atoms with E-state index in [1.807, 2.05) is 30.3 Å². The number of aromatic amines is 1. The zero-order valence-corrected chi connectivity index (χ0v) is 15.7. The largest absolute Gasteiger partial charge is 0.382 e. The quantitative estimate of drug-likeness (QED) is 0.419. The van der Waals surface area contributed by atoms with Crippen molar-refractivity contribution in [1.29, 1.82) is 0 Å². The zero-order valence-electron chi connectivity index (χ0n) is 15.7. The molecule has 0 amide bonds. The maximum absolute atomic E-state index is 12.6. The fourth-order valence-electron chi connectivity index (χ4n) is 3.14. The number of aryl methyl sites for hydroxylation is 1. The highest BCUT2D eigenvalue weighted by Gasteiger charge is 2.11. The Balaban J connectivity index is 1.69. The van der Waals surface area contributed by atoms with E-state index >= 15 is 0 Å².